The summed E-state index contributed by atoms with van der Waals surface area (Å²) in [6.45, 7) is 8.97. The Morgan fingerprint density at radius 3 is 3.06 bits per heavy atom. The molecule has 2 rings (SSSR count). The van der Waals surface area contributed by atoms with Gasteiger partial charge in [-0.1, -0.05) is 44.0 Å². The largest absolute Gasteiger partial charge is 0.311 e. The molecular weight excluding hydrogens is 244 g/mol. The van der Waals surface area contributed by atoms with Gasteiger partial charge in [0.1, 0.15) is 0 Å². The van der Waals surface area contributed by atoms with Crippen LogP contribution in [-0.2, 0) is 6.54 Å². The summed E-state index contributed by atoms with van der Waals surface area (Å²) in [6, 6.07) is 8.83. The summed E-state index contributed by atoms with van der Waals surface area (Å²) >= 11 is 6.03. The minimum atomic E-state index is 0.628. The third kappa shape index (κ3) is 3.71. The van der Waals surface area contributed by atoms with Crippen molar-refractivity contribution in [1.82, 2.24) is 10.2 Å². The first-order chi connectivity index (χ1) is 8.69. The molecule has 3 heteroatoms. The van der Waals surface area contributed by atoms with Crippen molar-refractivity contribution < 1.29 is 0 Å². The number of halogens is 1. The first-order valence-electron chi connectivity index (χ1n) is 6.89. The van der Waals surface area contributed by atoms with Crippen LogP contribution in [0, 0.1) is 5.92 Å². The van der Waals surface area contributed by atoms with Gasteiger partial charge in [-0.3, -0.25) is 4.90 Å². The van der Waals surface area contributed by atoms with Gasteiger partial charge in [-0.05, 0) is 23.6 Å². The quantitative estimate of drug-likeness (QED) is 0.901. The molecule has 1 aromatic carbocycles. The Morgan fingerprint density at radius 2 is 2.33 bits per heavy atom. The van der Waals surface area contributed by atoms with Crippen LogP contribution in [0.4, 0.5) is 0 Å². The SMILES string of the molecule is CCC(C)C1CN(Cc2cccc(Cl)c2)CCN1. The molecule has 2 nitrogen and oxygen atoms in total. The molecule has 2 unspecified atom stereocenters. The van der Waals surface area contributed by atoms with Gasteiger partial charge in [0.2, 0.25) is 0 Å². The van der Waals surface area contributed by atoms with Crippen molar-refractivity contribution in [3.8, 4) is 0 Å². The fourth-order valence-corrected chi connectivity index (χ4v) is 2.76. The predicted molar refractivity (Wildman–Crippen MR) is 78.0 cm³/mol. The van der Waals surface area contributed by atoms with Crippen LogP contribution in [0.1, 0.15) is 25.8 Å². The maximum absolute atomic E-state index is 6.03. The Bertz CT molecular complexity index is 381. The zero-order valence-electron chi connectivity index (χ0n) is 11.3. The van der Waals surface area contributed by atoms with E-state index in [1.54, 1.807) is 0 Å². The molecule has 1 aliphatic heterocycles. The molecule has 2 atom stereocenters. The third-order valence-electron chi connectivity index (χ3n) is 3.92. The lowest BCUT2D eigenvalue weighted by molar-refractivity contribution is 0.162. The van der Waals surface area contributed by atoms with Gasteiger partial charge < -0.3 is 5.32 Å². The van der Waals surface area contributed by atoms with Crippen molar-refractivity contribution >= 4 is 11.6 Å². The highest BCUT2D eigenvalue weighted by molar-refractivity contribution is 6.30. The first-order valence-corrected chi connectivity index (χ1v) is 7.27. The van der Waals surface area contributed by atoms with E-state index in [1.807, 2.05) is 12.1 Å². The van der Waals surface area contributed by atoms with Crippen LogP contribution >= 0.6 is 11.6 Å². The predicted octanol–water partition coefficient (Wildman–Crippen LogP) is 3.16. The number of benzene rings is 1. The highest BCUT2D eigenvalue weighted by Gasteiger charge is 2.22. The minimum Gasteiger partial charge on any atom is -0.311 e. The van der Waals surface area contributed by atoms with Crippen LogP contribution < -0.4 is 5.32 Å². The molecule has 0 spiro atoms. The second kappa shape index (κ2) is 6.55. The minimum absolute atomic E-state index is 0.628. The van der Waals surface area contributed by atoms with E-state index in [1.165, 1.54) is 12.0 Å². The van der Waals surface area contributed by atoms with Crippen molar-refractivity contribution in [3.05, 3.63) is 34.9 Å². The molecule has 100 valence electrons. The average molecular weight is 267 g/mol. The van der Waals surface area contributed by atoms with Crippen molar-refractivity contribution in [2.45, 2.75) is 32.9 Å². The second-order valence-electron chi connectivity index (χ2n) is 5.31. The standard InChI is InChI=1S/C15H23ClN2/c1-3-12(2)15-11-18(8-7-17-15)10-13-5-4-6-14(16)9-13/h4-6,9,12,15,17H,3,7-8,10-11H2,1-2H3. The Hall–Kier alpha value is -0.570. The number of hydrogen-bond acceptors (Lipinski definition) is 2. The molecule has 0 aliphatic carbocycles. The number of nitrogens with one attached hydrogen (secondary N) is 1. The number of rotatable bonds is 4. The van der Waals surface area contributed by atoms with E-state index in [-0.39, 0.29) is 0 Å². The highest BCUT2D eigenvalue weighted by Crippen LogP contribution is 2.16. The van der Waals surface area contributed by atoms with Crippen LogP contribution in [0.15, 0.2) is 24.3 Å². The van der Waals surface area contributed by atoms with Crippen molar-refractivity contribution in [3.63, 3.8) is 0 Å². The van der Waals surface area contributed by atoms with Gasteiger partial charge in [0.25, 0.3) is 0 Å². The highest BCUT2D eigenvalue weighted by atomic mass is 35.5. The maximum atomic E-state index is 6.03. The van der Waals surface area contributed by atoms with Crippen molar-refractivity contribution in [2.75, 3.05) is 19.6 Å². The molecule has 0 amide bonds. The summed E-state index contributed by atoms with van der Waals surface area (Å²) in [5.41, 5.74) is 1.31. The summed E-state index contributed by atoms with van der Waals surface area (Å²) in [7, 11) is 0. The molecule has 1 saturated heterocycles. The van der Waals surface area contributed by atoms with E-state index >= 15 is 0 Å². The zero-order chi connectivity index (χ0) is 13.0. The van der Waals surface area contributed by atoms with Gasteiger partial charge in [-0.2, -0.15) is 0 Å². The Labute approximate surface area is 115 Å². The topological polar surface area (TPSA) is 15.3 Å². The zero-order valence-corrected chi connectivity index (χ0v) is 12.1. The van der Waals surface area contributed by atoms with Gasteiger partial charge in [0.15, 0.2) is 0 Å². The normalized spacial score (nSPS) is 22.9. The van der Waals surface area contributed by atoms with Crippen LogP contribution in [0.25, 0.3) is 0 Å². The molecule has 1 aliphatic rings. The molecule has 0 bridgehead atoms. The van der Waals surface area contributed by atoms with E-state index in [9.17, 15) is 0 Å². The van der Waals surface area contributed by atoms with Gasteiger partial charge in [0, 0.05) is 37.2 Å². The molecule has 0 aromatic heterocycles. The molecule has 0 radical (unpaired) electrons. The summed E-state index contributed by atoms with van der Waals surface area (Å²) in [5, 5.41) is 4.46. The molecule has 1 heterocycles. The summed E-state index contributed by atoms with van der Waals surface area (Å²) < 4.78 is 0. The first kappa shape index (κ1) is 13.9. The molecule has 1 fully saturated rings. The average Bonchev–Trinajstić information content (AvgIpc) is 2.38. The van der Waals surface area contributed by atoms with Gasteiger partial charge in [-0.15, -0.1) is 0 Å². The Balaban J connectivity index is 1.93. The van der Waals surface area contributed by atoms with E-state index in [0.29, 0.717) is 6.04 Å². The summed E-state index contributed by atoms with van der Waals surface area (Å²) in [4.78, 5) is 2.53. The Kier molecular flexibility index (Phi) is 5.04. The molecular formula is C15H23ClN2. The smallest absolute Gasteiger partial charge is 0.0409 e. The van der Waals surface area contributed by atoms with Gasteiger partial charge in [0.05, 0.1) is 0 Å². The fraction of sp³-hybridized carbons (Fsp3) is 0.600. The molecule has 1 aromatic rings. The van der Waals surface area contributed by atoms with Gasteiger partial charge >= 0.3 is 0 Å². The number of piperazine rings is 1. The van der Waals surface area contributed by atoms with Gasteiger partial charge in [-0.25, -0.2) is 0 Å². The number of nitrogens with zero attached hydrogens (tertiary/aromatic N) is 1. The maximum Gasteiger partial charge on any atom is 0.0409 e. The van der Waals surface area contributed by atoms with E-state index in [0.717, 1.165) is 37.1 Å². The summed E-state index contributed by atoms with van der Waals surface area (Å²) in [6.07, 6.45) is 1.24. The monoisotopic (exact) mass is 266 g/mol. The van der Waals surface area contributed by atoms with Crippen LogP contribution in [0.5, 0.6) is 0 Å². The lowest BCUT2D eigenvalue weighted by atomic mass is 9.97. The fourth-order valence-electron chi connectivity index (χ4n) is 2.54. The lowest BCUT2D eigenvalue weighted by Gasteiger charge is -2.36. The van der Waals surface area contributed by atoms with E-state index in [2.05, 4.69) is 36.2 Å². The van der Waals surface area contributed by atoms with E-state index in [4.69, 9.17) is 11.6 Å². The summed E-state index contributed by atoms with van der Waals surface area (Å²) in [5.74, 6) is 0.743. The second-order valence-corrected chi connectivity index (χ2v) is 5.75. The molecule has 1 N–H and O–H groups in total. The van der Waals surface area contributed by atoms with Crippen molar-refractivity contribution in [2.24, 2.45) is 5.92 Å². The Morgan fingerprint density at radius 1 is 1.50 bits per heavy atom. The number of hydrogen-bond donors (Lipinski definition) is 1. The molecule has 0 saturated carbocycles. The lowest BCUT2D eigenvalue weighted by Crippen LogP contribution is -2.52. The van der Waals surface area contributed by atoms with Crippen molar-refractivity contribution in [1.29, 1.82) is 0 Å². The third-order valence-corrected chi connectivity index (χ3v) is 4.15. The van der Waals surface area contributed by atoms with Crippen LogP contribution in [-0.4, -0.2) is 30.6 Å². The van der Waals surface area contributed by atoms with Crippen LogP contribution in [0.2, 0.25) is 5.02 Å². The van der Waals surface area contributed by atoms with E-state index < -0.39 is 0 Å². The molecule has 18 heavy (non-hydrogen) atoms. The van der Waals surface area contributed by atoms with Crippen LogP contribution in [0.3, 0.4) is 0 Å².